The molecule has 1 aromatic heterocycles. The van der Waals surface area contributed by atoms with Crippen LogP contribution < -0.4 is 5.43 Å². The Hall–Kier alpha value is -1.84. The van der Waals surface area contributed by atoms with Gasteiger partial charge in [-0.3, -0.25) is 9.59 Å². The van der Waals surface area contributed by atoms with Crippen LogP contribution in [0, 0.1) is 63.7 Å². The van der Waals surface area contributed by atoms with Crippen molar-refractivity contribution in [3.05, 3.63) is 116 Å². The molecule has 0 spiro atoms. The van der Waals surface area contributed by atoms with Gasteiger partial charge in [-0.1, -0.05) is 18.2 Å². The molecule has 1 N–H and O–H groups in total. The van der Waals surface area contributed by atoms with Crippen molar-refractivity contribution in [2.45, 2.75) is 12.8 Å². The molecular formula is C24H20FeO4+2. The molecule has 0 aliphatic heterocycles. The van der Waals surface area contributed by atoms with Crippen molar-refractivity contribution in [2.24, 2.45) is 0 Å². The molecule has 1 heterocycles. The van der Waals surface area contributed by atoms with Gasteiger partial charge in [-0.15, -0.1) is 0 Å². The van der Waals surface area contributed by atoms with Gasteiger partial charge in [-0.05, 0) is 75.5 Å². The number of hydrogen-bond acceptors (Lipinski definition) is 3. The number of carboxylic acid groups (broad SMARTS) is 1. The van der Waals surface area contributed by atoms with E-state index in [2.05, 4.69) is 0 Å². The largest absolute Gasteiger partial charge is 2.00 e. The molecule has 2 fully saturated rings. The monoisotopic (exact) mass is 428 g/mol. The molecule has 2 aromatic rings. The van der Waals surface area contributed by atoms with Gasteiger partial charge in [0.15, 0.2) is 5.43 Å². The van der Waals surface area contributed by atoms with Crippen LogP contribution in [0.2, 0.25) is 0 Å². The third-order valence-electron chi connectivity index (χ3n) is 4.10. The third-order valence-corrected chi connectivity index (χ3v) is 4.10. The normalized spacial score (nSPS) is 16.6. The number of hydrogen-bond donors (Lipinski definition) is 1. The Balaban J connectivity index is 0.000000437. The molecule has 4 nitrogen and oxygen atoms in total. The van der Waals surface area contributed by atoms with Crippen LogP contribution in [0.5, 0.6) is 0 Å². The van der Waals surface area contributed by atoms with Crippen molar-refractivity contribution in [1.29, 1.82) is 0 Å². The smallest absolute Gasteiger partial charge is 0.481 e. The van der Waals surface area contributed by atoms with Crippen LogP contribution in [-0.4, -0.2) is 11.1 Å². The van der Waals surface area contributed by atoms with Gasteiger partial charge in [0.05, 0.1) is 11.8 Å². The molecule has 0 bridgehead atoms. The second-order valence-electron chi connectivity index (χ2n) is 6.24. The van der Waals surface area contributed by atoms with Gasteiger partial charge in [0.25, 0.3) is 0 Å². The van der Waals surface area contributed by atoms with E-state index in [1.54, 1.807) is 12.1 Å². The fourth-order valence-electron chi connectivity index (χ4n) is 2.69. The minimum absolute atomic E-state index is 0. The van der Waals surface area contributed by atoms with Crippen LogP contribution in [0.1, 0.15) is 17.7 Å². The molecule has 5 heteroatoms. The van der Waals surface area contributed by atoms with Gasteiger partial charge in [-0.25, -0.2) is 0 Å². The van der Waals surface area contributed by atoms with Crippen molar-refractivity contribution < 1.29 is 31.4 Å². The Morgan fingerprint density at radius 1 is 0.931 bits per heavy atom. The van der Waals surface area contributed by atoms with Crippen LogP contribution in [0.3, 0.4) is 0 Å². The van der Waals surface area contributed by atoms with Gasteiger partial charge in [0, 0.05) is 18.4 Å². The summed E-state index contributed by atoms with van der Waals surface area (Å²) in [4.78, 5) is 22.8. The van der Waals surface area contributed by atoms with Crippen molar-refractivity contribution in [2.75, 3.05) is 0 Å². The minimum Gasteiger partial charge on any atom is -0.481 e. The molecule has 0 saturated heterocycles. The first kappa shape index (κ1) is 23.4. The number of benzene rings is 1. The zero-order valence-electron chi connectivity index (χ0n) is 15.6. The summed E-state index contributed by atoms with van der Waals surface area (Å²) in [6.45, 7) is 0. The summed E-state index contributed by atoms with van der Waals surface area (Å²) in [5.41, 5.74) is 1.22. The molecule has 10 radical (unpaired) electrons. The molecule has 0 unspecified atom stereocenters. The maximum Gasteiger partial charge on any atom is 2.00 e. The Kier molecular flexibility index (Phi) is 9.69. The molecule has 1 aromatic carbocycles. The van der Waals surface area contributed by atoms with E-state index < -0.39 is 5.97 Å². The SMILES string of the molecule is O=C(O)CCc1cc(=O)c2cc(/C=C/[C]3[CH][CH][CH][CH]3)ccc2o1.[CH]1[CH][CH][CH][CH]1.[Fe+2]. The van der Waals surface area contributed by atoms with E-state index in [9.17, 15) is 9.59 Å². The molecule has 29 heavy (non-hydrogen) atoms. The summed E-state index contributed by atoms with van der Waals surface area (Å²) in [6.07, 6.45) is 22.0. The van der Waals surface area contributed by atoms with E-state index in [4.69, 9.17) is 9.52 Å². The van der Waals surface area contributed by atoms with E-state index in [0.717, 1.165) is 11.5 Å². The minimum atomic E-state index is -0.916. The maximum absolute atomic E-state index is 12.2. The van der Waals surface area contributed by atoms with E-state index in [1.165, 1.54) is 6.07 Å². The second-order valence-corrected chi connectivity index (χ2v) is 6.24. The fourth-order valence-corrected chi connectivity index (χ4v) is 2.69. The Labute approximate surface area is 182 Å². The summed E-state index contributed by atoms with van der Waals surface area (Å²) in [5.74, 6) is 0.576. The van der Waals surface area contributed by atoms with Crippen LogP contribution in [-0.2, 0) is 28.3 Å². The number of aryl methyl sites for hydroxylation is 1. The van der Waals surface area contributed by atoms with Crippen molar-refractivity contribution in [3.8, 4) is 0 Å². The van der Waals surface area contributed by atoms with E-state index >= 15 is 0 Å². The zero-order chi connectivity index (χ0) is 19.8. The van der Waals surface area contributed by atoms with Gasteiger partial charge in [0.1, 0.15) is 11.3 Å². The van der Waals surface area contributed by atoms with E-state index in [1.807, 2.05) is 76.0 Å². The maximum atomic E-state index is 12.2. The zero-order valence-corrected chi connectivity index (χ0v) is 16.7. The van der Waals surface area contributed by atoms with Crippen LogP contribution in [0.4, 0.5) is 0 Å². The molecule has 2 aliphatic carbocycles. The summed E-state index contributed by atoms with van der Waals surface area (Å²) in [5, 5.41) is 9.20. The number of rotatable bonds is 5. The molecule has 2 saturated carbocycles. The number of aliphatic carboxylic acids is 1. The standard InChI is InChI=1S/C19H15O4.C5H5.Fe/c20-17-12-15(8-10-19(21)22)23-18-9-7-14(11-16(17)18)6-5-13-3-1-2-4-13;1-2-4-5-3-1;/h1-7,9,11-12H,8,10H2,(H,21,22);1-5H;/q;;+2/b6-5+;;. The van der Waals surface area contributed by atoms with Crippen molar-refractivity contribution in [3.63, 3.8) is 0 Å². The third kappa shape index (κ3) is 7.49. The van der Waals surface area contributed by atoms with Gasteiger partial charge in [-0.2, -0.15) is 0 Å². The Morgan fingerprint density at radius 2 is 1.59 bits per heavy atom. The average molecular weight is 428 g/mol. The summed E-state index contributed by atoms with van der Waals surface area (Å²) < 4.78 is 5.61. The van der Waals surface area contributed by atoms with Gasteiger partial charge >= 0.3 is 23.0 Å². The predicted octanol–water partition coefficient (Wildman–Crippen LogP) is 4.25. The molecule has 4 rings (SSSR count). The fraction of sp³-hybridized carbons (Fsp3) is 0.0833. The number of fused-ring (bicyclic) bond motifs is 1. The molecular weight excluding hydrogens is 408 g/mol. The summed E-state index contributed by atoms with van der Waals surface area (Å²) >= 11 is 0. The van der Waals surface area contributed by atoms with Gasteiger partial charge in [0.2, 0.25) is 0 Å². The van der Waals surface area contributed by atoms with Gasteiger partial charge < -0.3 is 9.52 Å². The Bertz CT molecular complexity index is 866. The quantitative estimate of drug-likeness (QED) is 0.724. The summed E-state index contributed by atoms with van der Waals surface area (Å²) in [7, 11) is 0. The predicted molar refractivity (Wildman–Crippen MR) is 109 cm³/mol. The van der Waals surface area contributed by atoms with Crippen LogP contribution >= 0.6 is 0 Å². The number of allylic oxidation sites excluding steroid dienone is 1. The van der Waals surface area contributed by atoms with Crippen LogP contribution in [0.25, 0.3) is 17.0 Å². The second kappa shape index (κ2) is 12.0. The first-order valence-corrected chi connectivity index (χ1v) is 8.97. The first-order chi connectivity index (χ1) is 13.6. The molecule has 0 amide bonds. The summed E-state index contributed by atoms with van der Waals surface area (Å²) in [6, 6.07) is 6.76. The molecule has 146 valence electrons. The van der Waals surface area contributed by atoms with Crippen molar-refractivity contribution >= 4 is 23.0 Å². The van der Waals surface area contributed by atoms with Crippen LogP contribution in [0.15, 0.2) is 39.6 Å². The molecule has 2 aliphatic rings. The average Bonchev–Trinajstić information content (AvgIpc) is 3.41. The first-order valence-electron chi connectivity index (χ1n) is 8.97. The topological polar surface area (TPSA) is 67.5 Å². The number of carbonyl (C=O) groups is 1. The van der Waals surface area contributed by atoms with Crippen molar-refractivity contribution in [1.82, 2.24) is 0 Å². The Morgan fingerprint density at radius 3 is 2.21 bits per heavy atom. The molecule has 0 atom stereocenters. The van der Waals surface area contributed by atoms with E-state index in [0.29, 0.717) is 16.7 Å². The van der Waals surface area contributed by atoms with E-state index in [-0.39, 0.29) is 35.3 Å². The number of carboxylic acids is 1.